The highest BCUT2D eigenvalue weighted by Crippen LogP contribution is 2.33. The second kappa shape index (κ2) is 3.77. The largest absolute Gasteiger partial charge is 0.493 e. The molecule has 0 radical (unpaired) electrons. The molecule has 2 rings (SSSR count). The lowest BCUT2D eigenvalue weighted by molar-refractivity contribution is 0.355. The van der Waals surface area contributed by atoms with Crippen LogP contribution in [0.3, 0.4) is 0 Å². The summed E-state index contributed by atoms with van der Waals surface area (Å²) in [6.07, 6.45) is 0. The Morgan fingerprint density at radius 2 is 1.75 bits per heavy atom. The number of hydrogen-bond acceptors (Lipinski definition) is 5. The van der Waals surface area contributed by atoms with Crippen LogP contribution in [0.1, 0.15) is 0 Å². The molecule has 84 valence electrons. The molecule has 0 aliphatic rings. The molecule has 0 aliphatic heterocycles. The highest BCUT2D eigenvalue weighted by molar-refractivity contribution is 5.90. The number of methoxy groups -OCH3 is 2. The van der Waals surface area contributed by atoms with Gasteiger partial charge in [0.1, 0.15) is 5.58 Å². The Labute approximate surface area is 91.4 Å². The molecule has 1 aromatic heterocycles. The second-order valence-corrected chi connectivity index (χ2v) is 3.22. The van der Waals surface area contributed by atoms with Gasteiger partial charge in [0.15, 0.2) is 11.5 Å². The number of hydrogen-bond donors (Lipinski definition) is 1. The van der Waals surface area contributed by atoms with Crippen LogP contribution >= 0.6 is 0 Å². The van der Waals surface area contributed by atoms with Crippen LogP contribution in [0.15, 0.2) is 27.4 Å². The fourth-order valence-corrected chi connectivity index (χ4v) is 1.51. The first-order chi connectivity index (χ1) is 7.65. The van der Waals surface area contributed by atoms with Gasteiger partial charge in [-0.1, -0.05) is 0 Å². The number of rotatable bonds is 2. The van der Waals surface area contributed by atoms with Crippen molar-refractivity contribution in [1.82, 2.24) is 0 Å². The first kappa shape index (κ1) is 10.4. The van der Waals surface area contributed by atoms with E-state index in [4.69, 9.17) is 19.6 Å². The highest BCUT2D eigenvalue weighted by Gasteiger charge is 2.10. The smallest absolute Gasteiger partial charge is 0.338 e. The van der Waals surface area contributed by atoms with E-state index in [-0.39, 0.29) is 0 Å². The summed E-state index contributed by atoms with van der Waals surface area (Å²) in [4.78, 5) is 11.1. The Balaban J connectivity index is 2.83. The maximum absolute atomic E-state index is 11.1. The second-order valence-electron chi connectivity index (χ2n) is 3.22. The van der Waals surface area contributed by atoms with Gasteiger partial charge in [-0.3, -0.25) is 0 Å². The van der Waals surface area contributed by atoms with Crippen LogP contribution in [0.4, 0.5) is 5.69 Å². The Bertz CT molecular complexity index is 588. The van der Waals surface area contributed by atoms with Crippen LogP contribution in [0, 0.1) is 0 Å². The van der Waals surface area contributed by atoms with Gasteiger partial charge in [-0.05, 0) is 6.07 Å². The first-order valence-corrected chi connectivity index (χ1v) is 4.61. The fourth-order valence-electron chi connectivity index (χ4n) is 1.51. The number of anilines is 1. The van der Waals surface area contributed by atoms with Gasteiger partial charge in [0.05, 0.1) is 14.2 Å². The normalized spacial score (nSPS) is 10.4. The number of benzene rings is 1. The molecular formula is C11H11NO4. The Kier molecular flexibility index (Phi) is 2.44. The van der Waals surface area contributed by atoms with Gasteiger partial charge in [0, 0.05) is 23.2 Å². The quantitative estimate of drug-likeness (QED) is 0.775. The summed E-state index contributed by atoms with van der Waals surface area (Å²) < 4.78 is 15.2. The average molecular weight is 221 g/mol. The predicted molar refractivity (Wildman–Crippen MR) is 60.0 cm³/mol. The van der Waals surface area contributed by atoms with Crippen LogP contribution in [0.5, 0.6) is 11.5 Å². The molecule has 5 heteroatoms. The first-order valence-electron chi connectivity index (χ1n) is 4.61. The molecule has 0 aliphatic carbocycles. The third-order valence-electron chi connectivity index (χ3n) is 2.28. The lowest BCUT2D eigenvalue weighted by Crippen LogP contribution is -2.01. The van der Waals surface area contributed by atoms with Gasteiger partial charge in [0.2, 0.25) is 0 Å². The van der Waals surface area contributed by atoms with Crippen molar-refractivity contribution >= 4 is 16.7 Å². The molecule has 0 saturated heterocycles. The number of fused-ring (bicyclic) bond motifs is 1. The molecule has 16 heavy (non-hydrogen) atoms. The van der Waals surface area contributed by atoms with Crippen LogP contribution in [-0.2, 0) is 0 Å². The Morgan fingerprint density at radius 3 is 2.38 bits per heavy atom. The molecule has 0 atom stereocenters. The fraction of sp³-hybridized carbons (Fsp3) is 0.182. The SMILES string of the molecule is COc1cc2oc(=O)cc(N)c2cc1OC. The summed E-state index contributed by atoms with van der Waals surface area (Å²) in [5, 5.41) is 0.622. The molecule has 0 amide bonds. The zero-order valence-corrected chi connectivity index (χ0v) is 8.94. The van der Waals surface area contributed by atoms with Gasteiger partial charge in [-0.2, -0.15) is 0 Å². The van der Waals surface area contributed by atoms with Gasteiger partial charge >= 0.3 is 5.63 Å². The molecule has 0 unspecified atom stereocenters. The molecular weight excluding hydrogens is 210 g/mol. The van der Waals surface area contributed by atoms with E-state index in [0.717, 1.165) is 0 Å². The van der Waals surface area contributed by atoms with Crippen LogP contribution in [0.2, 0.25) is 0 Å². The predicted octanol–water partition coefficient (Wildman–Crippen LogP) is 1.39. The van der Waals surface area contributed by atoms with Gasteiger partial charge in [0.25, 0.3) is 0 Å². The van der Waals surface area contributed by atoms with E-state index < -0.39 is 5.63 Å². The van der Waals surface area contributed by atoms with Gasteiger partial charge in [-0.25, -0.2) is 4.79 Å². The zero-order valence-electron chi connectivity index (χ0n) is 8.94. The lowest BCUT2D eigenvalue weighted by Gasteiger charge is -2.09. The van der Waals surface area contributed by atoms with E-state index in [1.165, 1.54) is 20.3 Å². The lowest BCUT2D eigenvalue weighted by atomic mass is 10.2. The molecule has 2 N–H and O–H groups in total. The van der Waals surface area contributed by atoms with Gasteiger partial charge < -0.3 is 19.6 Å². The highest BCUT2D eigenvalue weighted by atomic mass is 16.5. The minimum absolute atomic E-state index is 0.354. The number of nitrogens with two attached hydrogens (primary N) is 1. The average Bonchev–Trinajstić information content (AvgIpc) is 2.27. The monoisotopic (exact) mass is 221 g/mol. The molecule has 0 fully saturated rings. The van der Waals surface area contributed by atoms with E-state index >= 15 is 0 Å². The van der Waals surface area contributed by atoms with E-state index in [0.29, 0.717) is 28.2 Å². The van der Waals surface area contributed by atoms with Crippen molar-refractivity contribution in [1.29, 1.82) is 0 Å². The van der Waals surface area contributed by atoms with E-state index in [1.54, 1.807) is 12.1 Å². The maximum Gasteiger partial charge on any atom is 0.338 e. The van der Waals surface area contributed by atoms with Crippen LogP contribution in [-0.4, -0.2) is 14.2 Å². The molecule has 0 spiro atoms. The van der Waals surface area contributed by atoms with E-state index in [1.807, 2.05) is 0 Å². The molecule has 0 bridgehead atoms. The molecule has 5 nitrogen and oxygen atoms in total. The van der Waals surface area contributed by atoms with E-state index in [9.17, 15) is 4.79 Å². The number of nitrogen functional groups attached to an aromatic ring is 1. The van der Waals surface area contributed by atoms with Crippen molar-refractivity contribution in [3.05, 3.63) is 28.6 Å². The number of ether oxygens (including phenoxy) is 2. The van der Waals surface area contributed by atoms with Crippen molar-refractivity contribution in [3.63, 3.8) is 0 Å². The van der Waals surface area contributed by atoms with Crippen molar-refractivity contribution in [2.75, 3.05) is 20.0 Å². The summed E-state index contributed by atoms with van der Waals surface area (Å²) in [6.45, 7) is 0. The summed E-state index contributed by atoms with van der Waals surface area (Å²) in [5.74, 6) is 1.03. The van der Waals surface area contributed by atoms with Crippen molar-refractivity contribution in [2.24, 2.45) is 0 Å². The maximum atomic E-state index is 11.1. The standard InChI is InChI=1S/C11H11NO4/c1-14-9-3-6-7(12)4-11(13)16-8(6)5-10(9)15-2/h3-5H,12H2,1-2H3. The summed E-state index contributed by atoms with van der Waals surface area (Å²) in [7, 11) is 3.03. The summed E-state index contributed by atoms with van der Waals surface area (Å²) in [5.41, 5.74) is 5.96. The van der Waals surface area contributed by atoms with Crippen molar-refractivity contribution in [3.8, 4) is 11.5 Å². The van der Waals surface area contributed by atoms with Crippen LogP contribution < -0.4 is 20.8 Å². The zero-order chi connectivity index (χ0) is 11.7. The third-order valence-corrected chi connectivity index (χ3v) is 2.28. The molecule has 1 aromatic carbocycles. The minimum atomic E-state index is -0.489. The Hall–Kier alpha value is -2.17. The van der Waals surface area contributed by atoms with E-state index in [2.05, 4.69) is 0 Å². The van der Waals surface area contributed by atoms with Crippen LogP contribution in [0.25, 0.3) is 11.0 Å². The topological polar surface area (TPSA) is 74.7 Å². The van der Waals surface area contributed by atoms with Gasteiger partial charge in [-0.15, -0.1) is 0 Å². The molecule has 1 heterocycles. The molecule has 0 saturated carbocycles. The molecule has 2 aromatic rings. The van der Waals surface area contributed by atoms with Crippen molar-refractivity contribution < 1.29 is 13.9 Å². The Morgan fingerprint density at radius 1 is 1.12 bits per heavy atom. The third kappa shape index (κ3) is 1.56. The van der Waals surface area contributed by atoms with Crippen molar-refractivity contribution in [2.45, 2.75) is 0 Å². The summed E-state index contributed by atoms with van der Waals surface area (Å²) >= 11 is 0. The minimum Gasteiger partial charge on any atom is -0.493 e. The summed E-state index contributed by atoms with van der Waals surface area (Å²) in [6, 6.07) is 4.48.